The van der Waals surface area contributed by atoms with E-state index < -0.39 is 0 Å². The van der Waals surface area contributed by atoms with Gasteiger partial charge in [0.2, 0.25) is 0 Å². The maximum absolute atomic E-state index is 11.2. The third-order valence-electron chi connectivity index (χ3n) is 5.27. The average molecular weight is 313 g/mol. The highest BCUT2D eigenvalue weighted by Crippen LogP contribution is 2.35. The van der Waals surface area contributed by atoms with Gasteiger partial charge >= 0.3 is 5.97 Å². The van der Waals surface area contributed by atoms with Gasteiger partial charge in [0.05, 0.1) is 7.11 Å². The lowest BCUT2D eigenvalue weighted by Gasteiger charge is -2.27. The monoisotopic (exact) mass is 313 g/mol. The molecule has 1 heterocycles. The van der Waals surface area contributed by atoms with Crippen molar-refractivity contribution in [1.29, 1.82) is 0 Å². The van der Waals surface area contributed by atoms with Gasteiger partial charge < -0.3 is 4.74 Å². The molecule has 124 valence electrons. The summed E-state index contributed by atoms with van der Waals surface area (Å²) in [6, 6.07) is 9.21. The zero-order chi connectivity index (χ0) is 16.1. The highest BCUT2D eigenvalue weighted by molar-refractivity contribution is 5.86. The van der Waals surface area contributed by atoms with Crippen LogP contribution in [0.1, 0.15) is 55.7 Å². The summed E-state index contributed by atoms with van der Waals surface area (Å²) in [4.78, 5) is 13.8. The van der Waals surface area contributed by atoms with Crippen LogP contribution in [0.15, 0.2) is 30.3 Å². The molecule has 0 spiro atoms. The van der Waals surface area contributed by atoms with Gasteiger partial charge in [0.25, 0.3) is 0 Å². The van der Waals surface area contributed by atoms with Crippen molar-refractivity contribution >= 4 is 12.0 Å². The van der Waals surface area contributed by atoms with Crippen molar-refractivity contribution in [2.75, 3.05) is 20.2 Å². The van der Waals surface area contributed by atoms with Crippen LogP contribution in [0.5, 0.6) is 0 Å². The number of methoxy groups -OCH3 is 1. The van der Waals surface area contributed by atoms with Crippen LogP contribution in [0.3, 0.4) is 0 Å². The molecule has 1 aromatic carbocycles. The molecule has 1 aliphatic carbocycles. The lowest BCUT2D eigenvalue weighted by Crippen LogP contribution is -2.28. The molecule has 1 saturated heterocycles. The molecule has 0 unspecified atom stereocenters. The first-order valence-corrected chi connectivity index (χ1v) is 8.86. The minimum atomic E-state index is -0.312. The van der Waals surface area contributed by atoms with Crippen LogP contribution in [-0.4, -0.2) is 31.1 Å². The summed E-state index contributed by atoms with van der Waals surface area (Å²) in [6.07, 6.45) is 11.5. The van der Waals surface area contributed by atoms with E-state index in [0.29, 0.717) is 6.04 Å². The van der Waals surface area contributed by atoms with Gasteiger partial charge in [-0.05, 0) is 55.3 Å². The van der Waals surface area contributed by atoms with E-state index in [2.05, 4.69) is 33.9 Å². The molecule has 0 N–H and O–H groups in total. The number of carbonyl (C=O) groups is 1. The number of nitrogens with zero attached hydrogens (tertiary/aromatic N) is 1. The first kappa shape index (κ1) is 16.3. The standard InChI is InChI=1S/C20H27NO2/c1-23-20(22)13-10-16-8-11-18(12-9-16)19-7-4-14-21(19)15-17-5-2-3-6-17/h8-13,17,19H,2-7,14-15H2,1H3/b13-10+/t19-/m0/s1. The minimum absolute atomic E-state index is 0.312. The first-order chi connectivity index (χ1) is 11.3. The van der Waals surface area contributed by atoms with Gasteiger partial charge in [0.15, 0.2) is 0 Å². The summed E-state index contributed by atoms with van der Waals surface area (Å²) >= 11 is 0. The molecule has 3 heteroatoms. The van der Waals surface area contributed by atoms with Crippen molar-refractivity contribution in [1.82, 2.24) is 4.90 Å². The summed E-state index contributed by atoms with van der Waals surface area (Å²) in [5, 5.41) is 0. The van der Waals surface area contributed by atoms with Crippen molar-refractivity contribution in [2.45, 2.75) is 44.6 Å². The lowest BCUT2D eigenvalue weighted by atomic mass is 10.0. The molecule has 1 saturated carbocycles. The summed E-state index contributed by atoms with van der Waals surface area (Å²) < 4.78 is 4.62. The second-order valence-corrected chi connectivity index (χ2v) is 6.83. The van der Waals surface area contributed by atoms with E-state index in [1.54, 1.807) is 6.08 Å². The fourth-order valence-corrected chi connectivity index (χ4v) is 4.01. The van der Waals surface area contributed by atoms with Gasteiger partial charge in [-0.2, -0.15) is 0 Å². The maximum atomic E-state index is 11.2. The van der Waals surface area contributed by atoms with Gasteiger partial charge in [-0.1, -0.05) is 37.1 Å². The van der Waals surface area contributed by atoms with Crippen molar-refractivity contribution in [2.24, 2.45) is 5.92 Å². The Hall–Kier alpha value is -1.61. The van der Waals surface area contributed by atoms with E-state index in [0.717, 1.165) is 11.5 Å². The first-order valence-electron chi connectivity index (χ1n) is 8.86. The molecule has 0 radical (unpaired) electrons. The van der Waals surface area contributed by atoms with Crippen molar-refractivity contribution < 1.29 is 9.53 Å². The van der Waals surface area contributed by atoms with E-state index in [1.807, 2.05) is 0 Å². The molecule has 3 nitrogen and oxygen atoms in total. The molecule has 2 fully saturated rings. The Kier molecular flexibility index (Phi) is 5.50. The Morgan fingerprint density at radius 1 is 1.17 bits per heavy atom. The molecular formula is C20H27NO2. The molecule has 3 rings (SSSR count). The van der Waals surface area contributed by atoms with Crippen LogP contribution < -0.4 is 0 Å². The zero-order valence-corrected chi connectivity index (χ0v) is 14.0. The van der Waals surface area contributed by atoms with Crippen LogP contribution in [0.4, 0.5) is 0 Å². The lowest BCUT2D eigenvalue weighted by molar-refractivity contribution is -0.134. The van der Waals surface area contributed by atoms with Gasteiger partial charge in [0.1, 0.15) is 0 Å². The van der Waals surface area contributed by atoms with Crippen molar-refractivity contribution in [3.63, 3.8) is 0 Å². The molecule has 2 aliphatic rings. The molecular weight excluding hydrogens is 286 g/mol. The Labute approximate surface area is 139 Å². The number of benzene rings is 1. The predicted molar refractivity (Wildman–Crippen MR) is 93.0 cm³/mol. The summed E-state index contributed by atoms with van der Waals surface area (Å²) in [7, 11) is 1.40. The summed E-state index contributed by atoms with van der Waals surface area (Å²) in [5.74, 6) is 0.602. The van der Waals surface area contributed by atoms with Gasteiger partial charge in [-0.25, -0.2) is 4.79 Å². The van der Waals surface area contributed by atoms with E-state index in [9.17, 15) is 4.79 Å². The Morgan fingerprint density at radius 3 is 2.61 bits per heavy atom. The number of likely N-dealkylation sites (tertiary alicyclic amines) is 1. The average Bonchev–Trinajstić information content (AvgIpc) is 3.25. The number of esters is 1. The number of hydrogen-bond acceptors (Lipinski definition) is 3. The van der Waals surface area contributed by atoms with E-state index in [-0.39, 0.29) is 5.97 Å². The van der Waals surface area contributed by atoms with Gasteiger partial charge in [-0.15, -0.1) is 0 Å². The predicted octanol–water partition coefficient (Wildman–Crippen LogP) is 4.20. The second kappa shape index (κ2) is 7.78. The number of hydrogen-bond donors (Lipinski definition) is 0. The molecule has 0 aromatic heterocycles. The Morgan fingerprint density at radius 2 is 1.91 bits per heavy atom. The van der Waals surface area contributed by atoms with Crippen LogP contribution in [0.25, 0.3) is 6.08 Å². The molecule has 1 aromatic rings. The molecule has 1 aliphatic heterocycles. The highest BCUT2D eigenvalue weighted by Gasteiger charge is 2.28. The molecule has 0 amide bonds. The zero-order valence-electron chi connectivity index (χ0n) is 14.0. The Balaban J connectivity index is 1.63. The maximum Gasteiger partial charge on any atom is 0.330 e. The van der Waals surface area contributed by atoms with Crippen LogP contribution in [0.2, 0.25) is 0 Å². The molecule has 23 heavy (non-hydrogen) atoms. The second-order valence-electron chi connectivity index (χ2n) is 6.83. The number of carbonyl (C=O) groups excluding carboxylic acids is 1. The van der Waals surface area contributed by atoms with Crippen LogP contribution in [-0.2, 0) is 9.53 Å². The third kappa shape index (κ3) is 4.23. The van der Waals surface area contributed by atoms with E-state index in [1.165, 1.54) is 70.4 Å². The fourth-order valence-electron chi connectivity index (χ4n) is 4.01. The summed E-state index contributed by atoms with van der Waals surface area (Å²) in [6.45, 7) is 2.51. The van der Waals surface area contributed by atoms with Crippen LogP contribution >= 0.6 is 0 Å². The fraction of sp³-hybridized carbons (Fsp3) is 0.550. The van der Waals surface area contributed by atoms with Gasteiger partial charge in [0, 0.05) is 18.7 Å². The normalized spacial score (nSPS) is 22.9. The SMILES string of the molecule is COC(=O)/C=C/c1ccc([C@@H]2CCCN2CC2CCCC2)cc1. The smallest absolute Gasteiger partial charge is 0.330 e. The van der Waals surface area contributed by atoms with Crippen LogP contribution in [0, 0.1) is 5.92 Å². The quantitative estimate of drug-likeness (QED) is 0.603. The topological polar surface area (TPSA) is 29.5 Å². The van der Waals surface area contributed by atoms with Crippen molar-refractivity contribution in [3.05, 3.63) is 41.5 Å². The number of ether oxygens (including phenoxy) is 1. The summed E-state index contributed by atoms with van der Waals surface area (Å²) in [5.41, 5.74) is 2.45. The third-order valence-corrected chi connectivity index (χ3v) is 5.27. The van der Waals surface area contributed by atoms with E-state index >= 15 is 0 Å². The van der Waals surface area contributed by atoms with Crippen molar-refractivity contribution in [3.8, 4) is 0 Å². The highest BCUT2D eigenvalue weighted by atomic mass is 16.5. The van der Waals surface area contributed by atoms with E-state index in [4.69, 9.17) is 0 Å². The largest absolute Gasteiger partial charge is 0.466 e. The number of rotatable bonds is 5. The Bertz CT molecular complexity index is 543. The minimum Gasteiger partial charge on any atom is -0.466 e. The van der Waals surface area contributed by atoms with Gasteiger partial charge in [-0.3, -0.25) is 4.90 Å². The molecule has 0 bridgehead atoms. The molecule has 1 atom stereocenters.